The van der Waals surface area contributed by atoms with Crippen LogP contribution < -0.4 is 16.6 Å². The molecule has 1 amide bonds. The van der Waals surface area contributed by atoms with Gasteiger partial charge in [-0.15, -0.1) is 0 Å². The van der Waals surface area contributed by atoms with Gasteiger partial charge in [-0.05, 0) is 18.1 Å². The van der Waals surface area contributed by atoms with E-state index in [0.29, 0.717) is 11.1 Å². The molecule has 0 fully saturated rings. The van der Waals surface area contributed by atoms with Gasteiger partial charge in [0.2, 0.25) is 5.91 Å². The molecule has 0 saturated carbocycles. The molecule has 0 aliphatic carbocycles. The lowest BCUT2D eigenvalue weighted by Gasteiger charge is -2.20. The Kier molecular flexibility index (Phi) is 6.95. The number of carbonyl (C=O) groups excluding carboxylic acids is 2. The van der Waals surface area contributed by atoms with Crippen molar-refractivity contribution < 1.29 is 22.8 Å². The molecule has 3 rings (SSSR count). The quantitative estimate of drug-likeness (QED) is 0.566. The number of nitrogen functional groups attached to an aromatic ring is 1. The Bertz CT molecular complexity index is 1220. The molecule has 3 aromatic rings. The van der Waals surface area contributed by atoms with E-state index >= 15 is 0 Å². The van der Waals surface area contributed by atoms with Crippen molar-refractivity contribution in [2.24, 2.45) is 0 Å². The lowest BCUT2D eigenvalue weighted by molar-refractivity contribution is -0.173. The van der Waals surface area contributed by atoms with Gasteiger partial charge in [-0.25, -0.2) is 4.98 Å². The standard InChI is InChI=1S/C23H21F3N4O3/c1-14-7-5-6-10-16(14)21-28-12-17(27)22(33)30(21)13-19(31)29-18(20(32)23(24,25)26)11-15-8-3-2-4-9-15/h2-10,12,18H,11,13,27H2,1H3,(H,29,31). The highest BCUT2D eigenvalue weighted by Gasteiger charge is 2.43. The van der Waals surface area contributed by atoms with Gasteiger partial charge in [0.1, 0.15) is 24.1 Å². The van der Waals surface area contributed by atoms with Gasteiger partial charge in [-0.2, -0.15) is 13.2 Å². The summed E-state index contributed by atoms with van der Waals surface area (Å²) in [5.41, 5.74) is 6.45. The van der Waals surface area contributed by atoms with Gasteiger partial charge in [-0.3, -0.25) is 19.0 Å². The smallest absolute Gasteiger partial charge is 0.393 e. The number of amides is 1. The highest BCUT2D eigenvalue weighted by atomic mass is 19.4. The van der Waals surface area contributed by atoms with Crippen LogP contribution in [0.25, 0.3) is 11.4 Å². The van der Waals surface area contributed by atoms with Crippen LogP contribution >= 0.6 is 0 Å². The van der Waals surface area contributed by atoms with Crippen molar-refractivity contribution >= 4 is 17.4 Å². The molecule has 172 valence electrons. The van der Waals surface area contributed by atoms with E-state index in [1.54, 1.807) is 61.5 Å². The van der Waals surface area contributed by atoms with Crippen LogP contribution in [0.1, 0.15) is 11.1 Å². The third-order valence-corrected chi connectivity index (χ3v) is 4.98. The molecule has 1 heterocycles. The van der Waals surface area contributed by atoms with Crippen LogP contribution in [0.4, 0.5) is 18.9 Å². The number of Topliss-reactive ketones (excluding diaryl/α,β-unsaturated/α-hetero) is 1. The number of aromatic nitrogens is 2. The number of rotatable bonds is 7. The molecule has 0 radical (unpaired) electrons. The molecule has 0 bridgehead atoms. The molecule has 0 aliphatic heterocycles. The van der Waals surface area contributed by atoms with Crippen LogP contribution in [-0.4, -0.2) is 33.5 Å². The Hall–Kier alpha value is -3.95. The van der Waals surface area contributed by atoms with E-state index in [4.69, 9.17) is 5.73 Å². The Balaban J connectivity index is 1.92. The van der Waals surface area contributed by atoms with E-state index in [1.165, 1.54) is 0 Å². The predicted molar refractivity (Wildman–Crippen MR) is 116 cm³/mol. The summed E-state index contributed by atoms with van der Waals surface area (Å²) in [7, 11) is 0. The molecule has 3 N–H and O–H groups in total. The van der Waals surface area contributed by atoms with Crippen molar-refractivity contribution in [3.63, 3.8) is 0 Å². The zero-order valence-electron chi connectivity index (χ0n) is 17.6. The molecule has 0 aliphatic rings. The molecule has 1 aromatic heterocycles. The summed E-state index contributed by atoms with van der Waals surface area (Å²) in [6, 6.07) is 13.1. The molecule has 10 heteroatoms. The van der Waals surface area contributed by atoms with Gasteiger partial charge in [-0.1, -0.05) is 54.6 Å². The van der Waals surface area contributed by atoms with Crippen LogP contribution in [0, 0.1) is 6.92 Å². The van der Waals surface area contributed by atoms with E-state index in [1.807, 2.05) is 0 Å². The minimum Gasteiger partial charge on any atom is -0.393 e. The Morgan fingerprint density at radius 2 is 1.73 bits per heavy atom. The Morgan fingerprint density at radius 3 is 2.36 bits per heavy atom. The number of nitrogens with one attached hydrogen (secondary N) is 1. The molecule has 0 saturated heterocycles. The Morgan fingerprint density at radius 1 is 1.09 bits per heavy atom. The van der Waals surface area contributed by atoms with Gasteiger partial charge < -0.3 is 11.1 Å². The summed E-state index contributed by atoms with van der Waals surface area (Å²) < 4.78 is 40.4. The normalized spacial score (nSPS) is 12.2. The van der Waals surface area contributed by atoms with Crippen molar-refractivity contribution in [2.75, 3.05) is 5.73 Å². The maximum Gasteiger partial charge on any atom is 0.452 e. The first-order valence-corrected chi connectivity index (χ1v) is 9.93. The maximum atomic E-state index is 13.1. The van der Waals surface area contributed by atoms with Gasteiger partial charge in [0, 0.05) is 12.0 Å². The summed E-state index contributed by atoms with van der Waals surface area (Å²) in [5.74, 6) is -2.92. The average Bonchev–Trinajstić information content (AvgIpc) is 2.77. The SMILES string of the molecule is Cc1ccccc1-c1ncc(N)c(=O)n1CC(=O)NC(Cc1ccccc1)C(=O)C(F)(F)F. The van der Waals surface area contributed by atoms with Crippen LogP contribution in [0.15, 0.2) is 65.6 Å². The van der Waals surface area contributed by atoms with Gasteiger partial charge in [0.15, 0.2) is 0 Å². The summed E-state index contributed by atoms with van der Waals surface area (Å²) in [5, 5.41) is 2.12. The first kappa shape index (κ1) is 23.7. The van der Waals surface area contributed by atoms with Crippen molar-refractivity contribution in [3.8, 4) is 11.4 Å². The second-order valence-corrected chi connectivity index (χ2v) is 7.42. The number of alkyl halides is 3. The van der Waals surface area contributed by atoms with E-state index in [-0.39, 0.29) is 17.9 Å². The fourth-order valence-electron chi connectivity index (χ4n) is 3.33. The number of ketones is 1. The number of benzene rings is 2. The van der Waals surface area contributed by atoms with Crippen LogP contribution in [0.2, 0.25) is 0 Å². The zero-order valence-corrected chi connectivity index (χ0v) is 17.6. The van der Waals surface area contributed by atoms with Crippen LogP contribution in [0.5, 0.6) is 0 Å². The number of halogens is 3. The van der Waals surface area contributed by atoms with E-state index in [9.17, 15) is 27.6 Å². The van der Waals surface area contributed by atoms with Crippen molar-refractivity contribution in [2.45, 2.75) is 32.1 Å². The van der Waals surface area contributed by atoms with Crippen molar-refractivity contribution in [1.29, 1.82) is 0 Å². The second-order valence-electron chi connectivity index (χ2n) is 7.42. The fourth-order valence-corrected chi connectivity index (χ4v) is 3.33. The highest BCUT2D eigenvalue weighted by Crippen LogP contribution is 2.22. The molecule has 33 heavy (non-hydrogen) atoms. The fraction of sp³-hybridized carbons (Fsp3) is 0.217. The van der Waals surface area contributed by atoms with E-state index in [2.05, 4.69) is 10.3 Å². The van der Waals surface area contributed by atoms with Gasteiger partial charge in [0.25, 0.3) is 11.3 Å². The first-order chi connectivity index (χ1) is 15.6. The zero-order chi connectivity index (χ0) is 24.2. The molecular weight excluding hydrogens is 437 g/mol. The lowest BCUT2D eigenvalue weighted by atomic mass is 10.0. The second kappa shape index (κ2) is 9.68. The molecule has 1 atom stereocenters. The Labute approximate surface area is 187 Å². The lowest BCUT2D eigenvalue weighted by Crippen LogP contribution is -2.49. The summed E-state index contributed by atoms with van der Waals surface area (Å²) in [6.07, 6.45) is -4.35. The third kappa shape index (κ3) is 5.65. The van der Waals surface area contributed by atoms with E-state index in [0.717, 1.165) is 16.3 Å². The van der Waals surface area contributed by atoms with Gasteiger partial charge in [0.05, 0.1) is 6.20 Å². The third-order valence-electron chi connectivity index (χ3n) is 4.98. The van der Waals surface area contributed by atoms with E-state index < -0.39 is 36.0 Å². The molecule has 1 unspecified atom stereocenters. The number of aryl methyl sites for hydroxylation is 1. The van der Waals surface area contributed by atoms with Crippen LogP contribution in [-0.2, 0) is 22.6 Å². The summed E-state index contributed by atoms with van der Waals surface area (Å²) in [4.78, 5) is 41.5. The largest absolute Gasteiger partial charge is 0.452 e. The topological polar surface area (TPSA) is 107 Å². The minimum atomic E-state index is -5.14. The summed E-state index contributed by atoms with van der Waals surface area (Å²) in [6.45, 7) is 1.11. The molecule has 2 aromatic carbocycles. The number of nitrogens with two attached hydrogens (primary N) is 1. The predicted octanol–water partition coefficient (Wildman–Crippen LogP) is 2.66. The van der Waals surface area contributed by atoms with Crippen molar-refractivity contribution in [1.82, 2.24) is 14.9 Å². The number of nitrogens with zero attached hydrogens (tertiary/aromatic N) is 2. The number of hydrogen-bond donors (Lipinski definition) is 2. The molecular formula is C23H21F3N4O3. The van der Waals surface area contributed by atoms with Crippen molar-refractivity contribution in [3.05, 3.63) is 82.3 Å². The van der Waals surface area contributed by atoms with Gasteiger partial charge >= 0.3 is 6.18 Å². The molecule has 0 spiro atoms. The first-order valence-electron chi connectivity index (χ1n) is 9.93. The monoisotopic (exact) mass is 458 g/mol. The van der Waals surface area contributed by atoms with Crippen LogP contribution in [0.3, 0.4) is 0 Å². The number of anilines is 1. The molecule has 7 nitrogen and oxygen atoms in total. The summed E-state index contributed by atoms with van der Waals surface area (Å²) >= 11 is 0. The average molecular weight is 458 g/mol. The minimum absolute atomic E-state index is 0.129. The number of carbonyl (C=O) groups is 2. The number of hydrogen-bond acceptors (Lipinski definition) is 5. The maximum absolute atomic E-state index is 13.1. The highest BCUT2D eigenvalue weighted by molar-refractivity contribution is 5.93.